The number of hydrogen-bond acceptors (Lipinski definition) is 6. The molecule has 31 heavy (non-hydrogen) atoms. The summed E-state index contributed by atoms with van der Waals surface area (Å²) in [4.78, 5) is 16.2. The summed E-state index contributed by atoms with van der Waals surface area (Å²) in [6.45, 7) is 2.95. The van der Waals surface area contributed by atoms with Crippen molar-refractivity contribution in [1.29, 1.82) is 0 Å². The Morgan fingerprint density at radius 3 is 2.16 bits per heavy atom. The lowest BCUT2D eigenvalue weighted by Crippen LogP contribution is -2.45. The zero-order valence-electron chi connectivity index (χ0n) is 19.2. The Morgan fingerprint density at radius 1 is 1.06 bits per heavy atom. The van der Waals surface area contributed by atoms with Crippen molar-refractivity contribution in [2.45, 2.75) is 45.1 Å². The molecule has 0 radical (unpaired) electrons. The fourth-order valence-corrected chi connectivity index (χ4v) is 3.75. The Hall–Kier alpha value is -1.91. The van der Waals surface area contributed by atoms with Gasteiger partial charge >= 0.3 is 5.97 Å². The van der Waals surface area contributed by atoms with E-state index in [0.717, 1.165) is 48.7 Å². The molecule has 8 nitrogen and oxygen atoms in total. The van der Waals surface area contributed by atoms with Gasteiger partial charge in [0.1, 0.15) is 17.2 Å². The van der Waals surface area contributed by atoms with E-state index >= 15 is 0 Å². The van der Waals surface area contributed by atoms with Crippen LogP contribution in [0.3, 0.4) is 0 Å². The molecule has 0 aliphatic heterocycles. The van der Waals surface area contributed by atoms with E-state index in [9.17, 15) is 4.79 Å². The number of esters is 1. The van der Waals surface area contributed by atoms with Crippen LogP contribution in [0.15, 0.2) is 17.1 Å². The third kappa shape index (κ3) is 7.93. The van der Waals surface area contributed by atoms with Crippen molar-refractivity contribution >= 4 is 35.9 Å². The van der Waals surface area contributed by atoms with Gasteiger partial charge in [0, 0.05) is 37.3 Å². The molecular weight excluding hydrogens is 513 g/mol. The van der Waals surface area contributed by atoms with Crippen molar-refractivity contribution in [3.63, 3.8) is 0 Å². The maximum Gasteiger partial charge on any atom is 0.308 e. The van der Waals surface area contributed by atoms with Gasteiger partial charge in [0.15, 0.2) is 5.96 Å². The van der Waals surface area contributed by atoms with Crippen LogP contribution in [-0.4, -0.2) is 59.5 Å². The van der Waals surface area contributed by atoms with Crippen LogP contribution in [0.4, 0.5) is 0 Å². The monoisotopic (exact) mass is 549 g/mol. The van der Waals surface area contributed by atoms with Crippen LogP contribution in [0.25, 0.3) is 0 Å². The number of benzene rings is 1. The van der Waals surface area contributed by atoms with E-state index in [1.54, 1.807) is 28.4 Å². The van der Waals surface area contributed by atoms with Gasteiger partial charge < -0.3 is 29.6 Å². The second-order valence-corrected chi connectivity index (χ2v) is 7.20. The van der Waals surface area contributed by atoms with Crippen LogP contribution in [0, 0.1) is 5.92 Å². The first-order valence-corrected chi connectivity index (χ1v) is 10.5. The van der Waals surface area contributed by atoms with E-state index in [1.165, 1.54) is 0 Å². The molecule has 176 valence electrons. The van der Waals surface area contributed by atoms with Crippen LogP contribution in [0.1, 0.15) is 38.2 Å². The predicted octanol–water partition coefficient (Wildman–Crippen LogP) is 3.16. The van der Waals surface area contributed by atoms with Crippen molar-refractivity contribution in [2.75, 3.05) is 41.5 Å². The van der Waals surface area contributed by atoms with Crippen LogP contribution in [-0.2, 0) is 16.0 Å². The summed E-state index contributed by atoms with van der Waals surface area (Å²) in [5.41, 5.74) is 0.971. The SMILES string of the molecule is CCOC(=O)C1CCC(NC(=NC)NCCc2c(OC)cc(OC)cc2OC)CC1.I. The molecule has 0 unspecified atom stereocenters. The molecule has 1 aliphatic carbocycles. The third-order valence-corrected chi connectivity index (χ3v) is 5.40. The van der Waals surface area contributed by atoms with Gasteiger partial charge in [0.05, 0.1) is 33.9 Å². The first-order valence-electron chi connectivity index (χ1n) is 10.5. The molecule has 9 heteroatoms. The zero-order chi connectivity index (χ0) is 21.9. The molecule has 1 fully saturated rings. The summed E-state index contributed by atoms with van der Waals surface area (Å²) in [5.74, 6) is 2.85. The summed E-state index contributed by atoms with van der Waals surface area (Å²) >= 11 is 0. The highest BCUT2D eigenvalue weighted by Crippen LogP contribution is 2.34. The number of aliphatic imine (C=N–C) groups is 1. The maximum absolute atomic E-state index is 11.9. The number of hydrogen-bond donors (Lipinski definition) is 2. The summed E-state index contributed by atoms with van der Waals surface area (Å²) in [5, 5.41) is 6.82. The maximum atomic E-state index is 11.9. The second-order valence-electron chi connectivity index (χ2n) is 7.20. The van der Waals surface area contributed by atoms with Crippen molar-refractivity contribution in [2.24, 2.45) is 10.9 Å². The largest absolute Gasteiger partial charge is 0.496 e. The Bertz CT molecular complexity index is 696. The Balaban J connectivity index is 0.00000480. The summed E-state index contributed by atoms with van der Waals surface area (Å²) in [6, 6.07) is 4.01. The average molecular weight is 549 g/mol. The summed E-state index contributed by atoms with van der Waals surface area (Å²) in [6.07, 6.45) is 4.22. The molecular formula is C22H36IN3O5. The molecule has 0 spiro atoms. The third-order valence-electron chi connectivity index (χ3n) is 5.40. The molecule has 0 saturated heterocycles. The number of ether oxygens (including phenoxy) is 4. The molecule has 0 amide bonds. The highest BCUT2D eigenvalue weighted by atomic mass is 127. The molecule has 0 bridgehead atoms. The van der Waals surface area contributed by atoms with Gasteiger partial charge in [-0.05, 0) is 39.0 Å². The van der Waals surface area contributed by atoms with Crippen LogP contribution >= 0.6 is 24.0 Å². The van der Waals surface area contributed by atoms with Crippen molar-refractivity contribution in [1.82, 2.24) is 10.6 Å². The number of guanidine groups is 1. The summed E-state index contributed by atoms with van der Waals surface area (Å²) in [7, 11) is 6.65. The zero-order valence-corrected chi connectivity index (χ0v) is 21.5. The smallest absolute Gasteiger partial charge is 0.308 e. The van der Waals surface area contributed by atoms with Crippen LogP contribution < -0.4 is 24.8 Å². The lowest BCUT2D eigenvalue weighted by atomic mass is 9.86. The lowest BCUT2D eigenvalue weighted by Gasteiger charge is -2.29. The van der Waals surface area contributed by atoms with Gasteiger partial charge in [0.25, 0.3) is 0 Å². The standard InChI is InChI=1S/C22H35N3O5.HI/c1-6-30-21(26)15-7-9-16(10-8-15)25-22(23-2)24-12-11-18-19(28-4)13-17(27-3)14-20(18)29-5;/h13-16H,6-12H2,1-5H3,(H2,23,24,25);1H. The Labute approximate surface area is 202 Å². The molecule has 1 saturated carbocycles. The second kappa shape index (κ2) is 14.2. The first-order chi connectivity index (χ1) is 14.6. The van der Waals surface area contributed by atoms with Crippen LogP contribution in [0.5, 0.6) is 17.2 Å². The van der Waals surface area contributed by atoms with Crippen molar-refractivity contribution in [3.05, 3.63) is 17.7 Å². The van der Waals surface area contributed by atoms with E-state index in [2.05, 4.69) is 15.6 Å². The van der Waals surface area contributed by atoms with E-state index < -0.39 is 0 Å². The fraction of sp³-hybridized carbons (Fsp3) is 0.636. The van der Waals surface area contributed by atoms with Gasteiger partial charge in [-0.1, -0.05) is 0 Å². The molecule has 2 rings (SSSR count). The minimum atomic E-state index is -0.0687. The minimum Gasteiger partial charge on any atom is -0.496 e. The minimum absolute atomic E-state index is 0. The van der Waals surface area contributed by atoms with Crippen molar-refractivity contribution < 1.29 is 23.7 Å². The average Bonchev–Trinajstić information content (AvgIpc) is 2.78. The van der Waals surface area contributed by atoms with E-state index in [-0.39, 0.29) is 35.9 Å². The normalized spacial score (nSPS) is 18.4. The van der Waals surface area contributed by atoms with E-state index in [1.807, 2.05) is 19.1 Å². The number of nitrogens with one attached hydrogen (secondary N) is 2. The number of halogens is 1. The van der Waals surface area contributed by atoms with Gasteiger partial charge in [-0.15, -0.1) is 24.0 Å². The summed E-state index contributed by atoms with van der Waals surface area (Å²) < 4.78 is 21.5. The molecule has 0 aromatic heterocycles. The Kier molecular flexibility index (Phi) is 12.4. The Morgan fingerprint density at radius 2 is 1.68 bits per heavy atom. The van der Waals surface area contributed by atoms with Crippen molar-refractivity contribution in [3.8, 4) is 17.2 Å². The van der Waals surface area contributed by atoms with E-state index in [0.29, 0.717) is 31.4 Å². The molecule has 1 aliphatic rings. The lowest BCUT2D eigenvalue weighted by molar-refractivity contribution is -0.149. The van der Waals surface area contributed by atoms with E-state index in [4.69, 9.17) is 18.9 Å². The number of carbonyl (C=O) groups is 1. The number of nitrogens with zero attached hydrogens (tertiary/aromatic N) is 1. The van der Waals surface area contributed by atoms with Gasteiger partial charge in [-0.25, -0.2) is 0 Å². The fourth-order valence-electron chi connectivity index (χ4n) is 3.75. The number of carbonyl (C=O) groups excluding carboxylic acids is 1. The number of rotatable bonds is 9. The molecule has 1 aromatic carbocycles. The molecule has 2 N–H and O–H groups in total. The molecule has 1 aromatic rings. The highest BCUT2D eigenvalue weighted by molar-refractivity contribution is 14.0. The van der Waals surface area contributed by atoms with Gasteiger partial charge in [-0.3, -0.25) is 9.79 Å². The quantitative estimate of drug-likeness (QED) is 0.212. The topological polar surface area (TPSA) is 90.4 Å². The predicted molar refractivity (Wildman–Crippen MR) is 132 cm³/mol. The van der Waals surface area contributed by atoms with Gasteiger partial charge in [-0.2, -0.15) is 0 Å². The van der Waals surface area contributed by atoms with Crippen LogP contribution in [0.2, 0.25) is 0 Å². The molecule has 0 heterocycles. The molecule has 0 atom stereocenters. The number of methoxy groups -OCH3 is 3. The van der Waals surface area contributed by atoms with Gasteiger partial charge in [0.2, 0.25) is 0 Å². The first kappa shape index (κ1) is 27.1. The highest BCUT2D eigenvalue weighted by Gasteiger charge is 2.27.